The van der Waals surface area contributed by atoms with Gasteiger partial charge in [0.15, 0.2) is 0 Å². The first-order valence-corrected chi connectivity index (χ1v) is 8.70. The molecule has 0 saturated heterocycles. The summed E-state index contributed by atoms with van der Waals surface area (Å²) in [6.07, 6.45) is 3.24. The van der Waals surface area contributed by atoms with Gasteiger partial charge in [-0.2, -0.15) is 0 Å². The van der Waals surface area contributed by atoms with Crippen LogP contribution in [0.15, 0.2) is 53.2 Å². The third-order valence-corrected chi connectivity index (χ3v) is 4.11. The Labute approximate surface area is 160 Å². The van der Waals surface area contributed by atoms with E-state index in [9.17, 15) is 20.0 Å². The molecule has 0 spiro atoms. The molecule has 8 heteroatoms. The van der Waals surface area contributed by atoms with Crippen LogP contribution in [0.25, 0.3) is 6.08 Å². The van der Waals surface area contributed by atoms with E-state index in [4.69, 9.17) is 9.57 Å². The van der Waals surface area contributed by atoms with Crippen molar-refractivity contribution in [3.8, 4) is 11.5 Å². The number of hydrogen-bond donors (Lipinski definition) is 0. The lowest BCUT2D eigenvalue weighted by molar-refractivity contribution is -0.398. The highest BCUT2D eigenvalue weighted by Gasteiger charge is 2.27. The van der Waals surface area contributed by atoms with Crippen LogP contribution in [0.1, 0.15) is 30.9 Å². The van der Waals surface area contributed by atoms with Crippen molar-refractivity contribution in [3.05, 3.63) is 69.3 Å². The molecule has 0 atom stereocenters. The van der Waals surface area contributed by atoms with E-state index in [0.29, 0.717) is 17.9 Å². The number of para-hydroxylation sites is 1. The molecule has 0 radical (unpaired) electrons. The smallest absolute Gasteiger partial charge is 0.368 e. The first-order chi connectivity index (χ1) is 13.5. The first kappa shape index (κ1) is 19.1. The van der Waals surface area contributed by atoms with Gasteiger partial charge in [-0.15, -0.1) is 0 Å². The Bertz CT molecular complexity index is 963. The van der Waals surface area contributed by atoms with Crippen molar-refractivity contribution < 1.29 is 24.4 Å². The highest BCUT2D eigenvalue weighted by molar-refractivity contribution is 6.31. The third kappa shape index (κ3) is 4.01. The molecule has 2 aromatic carbocycles. The predicted molar refractivity (Wildman–Crippen MR) is 100.0 cm³/mol. The summed E-state index contributed by atoms with van der Waals surface area (Å²) in [5, 5.41) is 26.9. The van der Waals surface area contributed by atoms with Crippen molar-refractivity contribution in [1.29, 1.82) is 0 Å². The summed E-state index contributed by atoms with van der Waals surface area (Å²) in [5.74, 6) is -0.822. The summed E-state index contributed by atoms with van der Waals surface area (Å²) in [7, 11) is 0. The summed E-state index contributed by atoms with van der Waals surface area (Å²) in [5.41, 5.74) is 0.342. The molecular weight excluding hydrogens is 364 g/mol. The number of nitro groups is 1. The van der Waals surface area contributed by atoms with E-state index in [1.807, 2.05) is 0 Å². The molecule has 1 aliphatic rings. The normalized spacial score (nSPS) is 14.7. The number of unbranched alkanes of at least 4 members (excludes halogenated alkanes) is 1. The van der Waals surface area contributed by atoms with Gasteiger partial charge in [-0.05, 0) is 48.1 Å². The lowest BCUT2D eigenvalue weighted by atomic mass is 10.00. The summed E-state index contributed by atoms with van der Waals surface area (Å²) in [6, 6.07) is 10.8. The fourth-order valence-corrected chi connectivity index (χ4v) is 2.62. The molecule has 0 aromatic heterocycles. The number of benzene rings is 2. The van der Waals surface area contributed by atoms with Crippen molar-refractivity contribution >= 4 is 23.4 Å². The summed E-state index contributed by atoms with van der Waals surface area (Å²) < 4.78 is 5.60. The second-order valence-corrected chi connectivity index (χ2v) is 6.06. The number of nitro benzene ring substituents is 1. The highest BCUT2D eigenvalue weighted by Crippen LogP contribution is 2.30. The Kier molecular flexibility index (Phi) is 5.69. The second-order valence-electron chi connectivity index (χ2n) is 6.06. The van der Waals surface area contributed by atoms with E-state index in [2.05, 4.69) is 12.1 Å². The molecule has 2 aromatic rings. The van der Waals surface area contributed by atoms with Gasteiger partial charge in [0.05, 0.1) is 17.1 Å². The van der Waals surface area contributed by atoms with Crippen LogP contribution >= 0.6 is 0 Å². The average Bonchev–Trinajstić information content (AvgIpc) is 3.04. The van der Waals surface area contributed by atoms with Crippen LogP contribution in [-0.4, -0.2) is 23.2 Å². The third-order valence-electron chi connectivity index (χ3n) is 4.11. The van der Waals surface area contributed by atoms with Gasteiger partial charge in [0.25, 0.3) is 5.69 Å². The van der Waals surface area contributed by atoms with Crippen molar-refractivity contribution in [1.82, 2.24) is 0 Å². The zero-order valence-electron chi connectivity index (χ0n) is 15.1. The molecule has 28 heavy (non-hydrogen) atoms. The number of nitrogens with zero attached hydrogens (tertiary/aromatic N) is 2. The Morgan fingerprint density at radius 1 is 1.21 bits per heavy atom. The van der Waals surface area contributed by atoms with E-state index in [1.54, 1.807) is 24.3 Å². The predicted octanol–water partition coefficient (Wildman–Crippen LogP) is 3.19. The lowest BCUT2D eigenvalue weighted by Gasteiger charge is -2.11. The fraction of sp³-hybridized carbons (Fsp3) is 0.200. The lowest BCUT2D eigenvalue weighted by Crippen LogP contribution is -2.08. The standard InChI is InChI=1S/C20H18N2O6/c1-2-3-11-27-15-9-7-13(8-10-15)18-16(20(24)28-21-18)12-14-5-4-6-17(19(14)23)22(25)26/h4-10,12,23H,2-3,11H2,1H3/p-1/b16-12-. The van der Waals surface area contributed by atoms with Gasteiger partial charge in [0.2, 0.25) is 0 Å². The van der Waals surface area contributed by atoms with Crippen LogP contribution in [0.3, 0.4) is 0 Å². The zero-order chi connectivity index (χ0) is 20.1. The van der Waals surface area contributed by atoms with Crippen LogP contribution < -0.4 is 9.84 Å². The minimum Gasteiger partial charge on any atom is -0.867 e. The molecule has 1 heterocycles. The summed E-state index contributed by atoms with van der Waals surface area (Å²) in [4.78, 5) is 27.0. The number of carbonyl (C=O) groups is 1. The van der Waals surface area contributed by atoms with E-state index in [1.165, 1.54) is 18.2 Å². The SMILES string of the molecule is CCCCOc1ccc(C2=NOC(=O)/C2=C\c2cccc([N+](=O)[O-])c2[O-])cc1. The molecule has 0 unspecified atom stereocenters. The Hall–Kier alpha value is -3.68. The fourth-order valence-electron chi connectivity index (χ4n) is 2.62. The molecule has 0 aliphatic carbocycles. The quantitative estimate of drug-likeness (QED) is 0.239. The molecule has 0 amide bonds. The van der Waals surface area contributed by atoms with Crippen molar-refractivity contribution in [3.63, 3.8) is 0 Å². The highest BCUT2D eigenvalue weighted by atomic mass is 16.7. The first-order valence-electron chi connectivity index (χ1n) is 8.70. The van der Waals surface area contributed by atoms with Gasteiger partial charge < -0.3 is 14.7 Å². The van der Waals surface area contributed by atoms with Crippen molar-refractivity contribution in [2.75, 3.05) is 6.61 Å². The van der Waals surface area contributed by atoms with Crippen LogP contribution in [-0.2, 0) is 9.63 Å². The molecule has 8 nitrogen and oxygen atoms in total. The molecule has 0 saturated carbocycles. The second kappa shape index (κ2) is 8.34. The molecule has 0 N–H and O–H groups in total. The van der Waals surface area contributed by atoms with Gasteiger partial charge in [-0.1, -0.05) is 30.6 Å². The molecule has 1 aliphatic heterocycles. The van der Waals surface area contributed by atoms with E-state index in [-0.39, 0.29) is 16.8 Å². The summed E-state index contributed by atoms with van der Waals surface area (Å²) in [6.45, 7) is 2.69. The Morgan fingerprint density at radius 3 is 2.64 bits per heavy atom. The molecule has 3 rings (SSSR count). The molecular formula is C20H17N2O6-. The topological polar surface area (TPSA) is 114 Å². The number of rotatable bonds is 7. The monoisotopic (exact) mass is 381 g/mol. The Morgan fingerprint density at radius 2 is 1.96 bits per heavy atom. The van der Waals surface area contributed by atoms with Gasteiger partial charge in [-0.3, -0.25) is 10.1 Å². The Balaban J connectivity index is 1.89. The van der Waals surface area contributed by atoms with Gasteiger partial charge in [0, 0.05) is 11.6 Å². The zero-order valence-corrected chi connectivity index (χ0v) is 15.1. The maximum Gasteiger partial charge on any atom is 0.368 e. The van der Waals surface area contributed by atoms with Gasteiger partial charge in [0.1, 0.15) is 11.5 Å². The maximum absolute atomic E-state index is 12.2. The number of oxime groups is 1. The van der Waals surface area contributed by atoms with Crippen molar-refractivity contribution in [2.45, 2.75) is 19.8 Å². The van der Waals surface area contributed by atoms with Crippen LogP contribution in [0, 0.1) is 10.1 Å². The van der Waals surface area contributed by atoms with Gasteiger partial charge >= 0.3 is 5.97 Å². The minimum atomic E-state index is -0.779. The molecule has 0 fully saturated rings. The van der Waals surface area contributed by atoms with Crippen LogP contribution in [0.2, 0.25) is 0 Å². The number of ether oxygens (including phenoxy) is 1. The van der Waals surface area contributed by atoms with E-state index >= 15 is 0 Å². The van der Waals surface area contributed by atoms with Crippen LogP contribution in [0.4, 0.5) is 5.69 Å². The summed E-state index contributed by atoms with van der Waals surface area (Å²) >= 11 is 0. The molecule has 0 bridgehead atoms. The van der Waals surface area contributed by atoms with E-state index in [0.717, 1.165) is 18.9 Å². The number of carbonyl (C=O) groups excluding carboxylic acids is 1. The molecule has 144 valence electrons. The largest absolute Gasteiger partial charge is 0.867 e. The van der Waals surface area contributed by atoms with Crippen molar-refractivity contribution in [2.24, 2.45) is 5.16 Å². The maximum atomic E-state index is 12.2. The van der Waals surface area contributed by atoms with Gasteiger partial charge in [-0.25, -0.2) is 4.79 Å². The minimum absolute atomic E-state index is 0.00951. The van der Waals surface area contributed by atoms with Crippen LogP contribution in [0.5, 0.6) is 11.5 Å². The average molecular weight is 381 g/mol. The number of hydrogen-bond acceptors (Lipinski definition) is 7. The van der Waals surface area contributed by atoms with E-state index < -0.39 is 22.3 Å².